The van der Waals surface area contributed by atoms with Crippen LogP contribution in [-0.4, -0.2) is 33.3 Å². The molecular formula is C12H18ClNO4S. The molecule has 1 unspecified atom stereocenters. The minimum Gasteiger partial charge on any atom is -0.392 e. The van der Waals surface area contributed by atoms with Crippen molar-refractivity contribution in [3.8, 4) is 0 Å². The summed E-state index contributed by atoms with van der Waals surface area (Å²) < 4.78 is 32.0. The molecule has 7 heteroatoms. The minimum atomic E-state index is -3.73. The Hall–Kier alpha value is -0.660. The van der Waals surface area contributed by atoms with Gasteiger partial charge in [-0.05, 0) is 24.1 Å². The molecule has 1 aromatic carbocycles. The Morgan fingerprint density at radius 3 is 2.68 bits per heavy atom. The average Bonchev–Trinajstić information content (AvgIpc) is 2.38. The number of ether oxygens (including phenoxy) is 1. The molecule has 0 saturated carbocycles. The first kappa shape index (κ1) is 16.4. The van der Waals surface area contributed by atoms with Crippen molar-refractivity contribution in [2.24, 2.45) is 0 Å². The van der Waals surface area contributed by atoms with Gasteiger partial charge in [0.25, 0.3) is 0 Å². The number of hydrogen-bond donors (Lipinski definition) is 2. The van der Waals surface area contributed by atoms with Crippen LogP contribution in [0.25, 0.3) is 0 Å². The number of nitrogens with one attached hydrogen (secondary N) is 1. The van der Waals surface area contributed by atoms with Crippen LogP contribution in [0.5, 0.6) is 0 Å². The predicted molar refractivity (Wildman–Crippen MR) is 73.7 cm³/mol. The highest BCUT2D eigenvalue weighted by atomic mass is 35.5. The van der Waals surface area contributed by atoms with Crippen LogP contribution >= 0.6 is 11.6 Å². The standard InChI is InChI=1S/C12H18ClNO4S/c1-3-10(8-18-2)14-19(16,17)12-6-9(7-15)4-5-11(12)13/h4-6,10,14-15H,3,7-8H2,1-2H3. The van der Waals surface area contributed by atoms with Crippen molar-refractivity contribution in [3.05, 3.63) is 28.8 Å². The second kappa shape index (κ2) is 7.21. The molecule has 0 bridgehead atoms. The van der Waals surface area contributed by atoms with Gasteiger partial charge in [0.2, 0.25) is 10.0 Å². The lowest BCUT2D eigenvalue weighted by Crippen LogP contribution is -2.37. The van der Waals surface area contributed by atoms with E-state index in [9.17, 15) is 8.42 Å². The number of benzene rings is 1. The number of hydrogen-bond acceptors (Lipinski definition) is 4. The highest BCUT2D eigenvalue weighted by Crippen LogP contribution is 2.23. The van der Waals surface area contributed by atoms with Gasteiger partial charge >= 0.3 is 0 Å². The summed E-state index contributed by atoms with van der Waals surface area (Å²) in [4.78, 5) is -0.0322. The van der Waals surface area contributed by atoms with Crippen LogP contribution in [0.4, 0.5) is 0 Å². The molecule has 0 aliphatic carbocycles. The van der Waals surface area contributed by atoms with E-state index in [1.165, 1.54) is 19.2 Å². The smallest absolute Gasteiger partial charge is 0.242 e. The Labute approximate surface area is 118 Å². The van der Waals surface area contributed by atoms with Gasteiger partial charge in [-0.25, -0.2) is 13.1 Å². The first-order chi connectivity index (χ1) is 8.94. The van der Waals surface area contributed by atoms with E-state index in [2.05, 4.69) is 4.72 Å². The van der Waals surface area contributed by atoms with E-state index in [0.717, 1.165) is 0 Å². The van der Waals surface area contributed by atoms with E-state index >= 15 is 0 Å². The molecule has 0 spiro atoms. The van der Waals surface area contributed by atoms with Crippen molar-refractivity contribution in [2.75, 3.05) is 13.7 Å². The zero-order valence-corrected chi connectivity index (χ0v) is 12.5. The Balaban J connectivity index is 3.05. The van der Waals surface area contributed by atoms with Gasteiger partial charge < -0.3 is 9.84 Å². The molecule has 1 atom stereocenters. The number of halogens is 1. The molecular weight excluding hydrogens is 290 g/mol. The highest BCUT2D eigenvalue weighted by molar-refractivity contribution is 7.89. The number of aliphatic hydroxyl groups excluding tert-OH is 1. The summed E-state index contributed by atoms with van der Waals surface area (Å²) in [5.74, 6) is 0. The van der Waals surface area contributed by atoms with Crippen molar-refractivity contribution in [2.45, 2.75) is 30.9 Å². The second-order valence-electron chi connectivity index (χ2n) is 4.10. The van der Waals surface area contributed by atoms with E-state index in [1.807, 2.05) is 6.92 Å². The fraction of sp³-hybridized carbons (Fsp3) is 0.500. The maximum absolute atomic E-state index is 12.2. The van der Waals surface area contributed by atoms with E-state index < -0.39 is 10.0 Å². The quantitative estimate of drug-likeness (QED) is 0.801. The molecule has 1 rings (SSSR count). The lowest BCUT2D eigenvalue weighted by molar-refractivity contribution is 0.173. The van der Waals surface area contributed by atoms with Gasteiger partial charge in [0.05, 0.1) is 18.2 Å². The van der Waals surface area contributed by atoms with Gasteiger partial charge in [0, 0.05) is 13.2 Å². The van der Waals surface area contributed by atoms with Gasteiger partial charge in [0.15, 0.2) is 0 Å². The third kappa shape index (κ3) is 4.43. The molecule has 5 nitrogen and oxygen atoms in total. The van der Waals surface area contributed by atoms with Crippen molar-refractivity contribution in [3.63, 3.8) is 0 Å². The summed E-state index contributed by atoms with van der Waals surface area (Å²) in [6.07, 6.45) is 0.602. The maximum atomic E-state index is 12.2. The Kier molecular flexibility index (Phi) is 6.22. The zero-order valence-electron chi connectivity index (χ0n) is 10.9. The molecule has 0 saturated heterocycles. The SMILES string of the molecule is CCC(COC)NS(=O)(=O)c1cc(CO)ccc1Cl. The summed E-state index contributed by atoms with van der Waals surface area (Å²) >= 11 is 5.91. The molecule has 1 aromatic rings. The number of aliphatic hydroxyl groups is 1. The number of methoxy groups -OCH3 is 1. The minimum absolute atomic E-state index is 0.0322. The van der Waals surface area contributed by atoms with Crippen molar-refractivity contribution in [1.82, 2.24) is 4.72 Å². The molecule has 108 valence electrons. The summed E-state index contributed by atoms with van der Waals surface area (Å²) in [6, 6.07) is 4.08. The lowest BCUT2D eigenvalue weighted by Gasteiger charge is -2.17. The molecule has 19 heavy (non-hydrogen) atoms. The van der Waals surface area contributed by atoms with Gasteiger partial charge in [-0.1, -0.05) is 24.6 Å². The van der Waals surface area contributed by atoms with E-state index in [1.54, 1.807) is 6.07 Å². The first-order valence-electron chi connectivity index (χ1n) is 5.85. The molecule has 0 fully saturated rings. The molecule has 0 aliphatic heterocycles. The third-order valence-electron chi connectivity index (χ3n) is 2.65. The van der Waals surface area contributed by atoms with E-state index in [-0.39, 0.29) is 29.2 Å². The van der Waals surface area contributed by atoms with Crippen molar-refractivity contribution >= 4 is 21.6 Å². The largest absolute Gasteiger partial charge is 0.392 e. The van der Waals surface area contributed by atoms with Gasteiger partial charge in [0.1, 0.15) is 4.90 Å². The van der Waals surface area contributed by atoms with Gasteiger partial charge in [-0.3, -0.25) is 0 Å². The number of rotatable bonds is 7. The fourth-order valence-corrected chi connectivity index (χ4v) is 3.43. The van der Waals surface area contributed by atoms with Crippen molar-refractivity contribution < 1.29 is 18.3 Å². The second-order valence-corrected chi connectivity index (χ2v) is 6.19. The topological polar surface area (TPSA) is 75.6 Å². The third-order valence-corrected chi connectivity index (χ3v) is 4.65. The Morgan fingerprint density at radius 2 is 2.16 bits per heavy atom. The molecule has 0 amide bonds. The highest BCUT2D eigenvalue weighted by Gasteiger charge is 2.22. The summed E-state index contributed by atoms with van der Waals surface area (Å²) in [6.45, 7) is 1.90. The molecule has 0 aliphatic rings. The summed E-state index contributed by atoms with van der Waals surface area (Å²) in [5.41, 5.74) is 0.490. The van der Waals surface area contributed by atoms with E-state index in [0.29, 0.717) is 12.0 Å². The maximum Gasteiger partial charge on any atom is 0.242 e. The van der Waals surface area contributed by atoms with Crippen LogP contribution < -0.4 is 4.72 Å². The Morgan fingerprint density at radius 1 is 1.47 bits per heavy atom. The van der Waals surface area contributed by atoms with Crippen LogP contribution in [0.2, 0.25) is 5.02 Å². The molecule has 0 radical (unpaired) electrons. The molecule has 0 heterocycles. The lowest BCUT2D eigenvalue weighted by atomic mass is 10.2. The van der Waals surface area contributed by atoms with E-state index in [4.69, 9.17) is 21.4 Å². The normalized spacial score (nSPS) is 13.5. The number of sulfonamides is 1. The van der Waals surface area contributed by atoms with Crippen LogP contribution in [0.15, 0.2) is 23.1 Å². The molecule has 0 aromatic heterocycles. The van der Waals surface area contributed by atoms with Crippen LogP contribution in [-0.2, 0) is 21.4 Å². The molecule has 2 N–H and O–H groups in total. The van der Waals surface area contributed by atoms with Crippen LogP contribution in [0.1, 0.15) is 18.9 Å². The summed E-state index contributed by atoms with van der Waals surface area (Å²) in [5, 5.41) is 9.17. The first-order valence-corrected chi connectivity index (χ1v) is 7.71. The Bertz CT molecular complexity index is 518. The predicted octanol–water partition coefficient (Wildman–Crippen LogP) is 1.54. The van der Waals surface area contributed by atoms with Gasteiger partial charge in [-0.15, -0.1) is 0 Å². The average molecular weight is 308 g/mol. The van der Waals surface area contributed by atoms with Crippen molar-refractivity contribution in [1.29, 1.82) is 0 Å². The van der Waals surface area contributed by atoms with Crippen LogP contribution in [0, 0.1) is 0 Å². The summed E-state index contributed by atoms with van der Waals surface area (Å²) in [7, 11) is -2.22. The van der Waals surface area contributed by atoms with Gasteiger partial charge in [-0.2, -0.15) is 0 Å². The monoisotopic (exact) mass is 307 g/mol. The van der Waals surface area contributed by atoms with Crippen LogP contribution in [0.3, 0.4) is 0 Å². The zero-order chi connectivity index (χ0) is 14.5. The fourth-order valence-electron chi connectivity index (χ4n) is 1.57.